The fourth-order valence-corrected chi connectivity index (χ4v) is 1.18. The third-order valence-electron chi connectivity index (χ3n) is 1.71. The van der Waals surface area contributed by atoms with Crippen molar-refractivity contribution in [3.05, 3.63) is 0 Å². The minimum Gasteiger partial charge on any atom is -0.330 e. The van der Waals surface area contributed by atoms with Crippen LogP contribution < -0.4 is 10.5 Å². The van der Waals surface area contributed by atoms with Gasteiger partial charge < -0.3 is 5.73 Å². The molecule has 0 radical (unpaired) electrons. The highest BCUT2D eigenvalue weighted by atomic mass is 32.2. The van der Waals surface area contributed by atoms with Gasteiger partial charge in [-0.1, -0.05) is 25.3 Å². The van der Waals surface area contributed by atoms with Gasteiger partial charge in [0.1, 0.15) is 0 Å². The van der Waals surface area contributed by atoms with E-state index in [0.717, 1.165) is 13.1 Å². The predicted molar refractivity (Wildman–Crippen MR) is 49.0 cm³/mol. The SMILES string of the molecule is CCC(CN)CCNSC. The molecule has 62 valence electrons. The van der Waals surface area contributed by atoms with Gasteiger partial charge in [-0.2, -0.15) is 0 Å². The highest BCUT2D eigenvalue weighted by molar-refractivity contribution is 7.96. The van der Waals surface area contributed by atoms with Gasteiger partial charge >= 0.3 is 0 Å². The van der Waals surface area contributed by atoms with Crippen LogP contribution in [0.3, 0.4) is 0 Å². The third kappa shape index (κ3) is 5.09. The molecular formula is C7H18N2S. The summed E-state index contributed by atoms with van der Waals surface area (Å²) in [4.78, 5) is 0. The summed E-state index contributed by atoms with van der Waals surface area (Å²) < 4.78 is 3.21. The zero-order chi connectivity index (χ0) is 7.82. The van der Waals surface area contributed by atoms with Gasteiger partial charge in [0.15, 0.2) is 0 Å². The molecule has 1 atom stereocenters. The standard InChI is InChI=1S/C7H18N2S/c1-3-7(6-8)4-5-9-10-2/h7,9H,3-6,8H2,1-2H3. The lowest BCUT2D eigenvalue weighted by molar-refractivity contribution is 0.483. The highest BCUT2D eigenvalue weighted by Gasteiger charge is 2.01. The minimum atomic E-state index is 0.708. The summed E-state index contributed by atoms with van der Waals surface area (Å²) in [5.41, 5.74) is 5.53. The molecule has 0 amide bonds. The van der Waals surface area contributed by atoms with E-state index in [1.807, 2.05) is 6.26 Å². The van der Waals surface area contributed by atoms with Crippen molar-refractivity contribution in [2.24, 2.45) is 11.7 Å². The molecule has 0 aliphatic carbocycles. The molecule has 0 aromatic carbocycles. The van der Waals surface area contributed by atoms with Crippen LogP contribution in [0.5, 0.6) is 0 Å². The Labute approximate surface area is 68.1 Å². The van der Waals surface area contributed by atoms with Crippen molar-refractivity contribution in [3.63, 3.8) is 0 Å². The van der Waals surface area contributed by atoms with E-state index in [2.05, 4.69) is 11.6 Å². The van der Waals surface area contributed by atoms with E-state index in [1.165, 1.54) is 12.8 Å². The number of nitrogens with one attached hydrogen (secondary N) is 1. The van der Waals surface area contributed by atoms with Crippen molar-refractivity contribution in [1.29, 1.82) is 0 Å². The van der Waals surface area contributed by atoms with Crippen LogP contribution in [-0.2, 0) is 0 Å². The highest BCUT2D eigenvalue weighted by Crippen LogP contribution is 2.04. The molecule has 0 fully saturated rings. The summed E-state index contributed by atoms with van der Waals surface area (Å²) >= 11 is 1.67. The molecular weight excluding hydrogens is 144 g/mol. The second-order valence-electron chi connectivity index (χ2n) is 2.40. The van der Waals surface area contributed by atoms with Crippen molar-refractivity contribution in [1.82, 2.24) is 4.72 Å². The maximum absolute atomic E-state index is 5.53. The molecule has 0 aromatic rings. The number of rotatable bonds is 6. The van der Waals surface area contributed by atoms with E-state index in [4.69, 9.17) is 5.73 Å². The van der Waals surface area contributed by atoms with E-state index >= 15 is 0 Å². The normalized spacial score (nSPS) is 13.5. The lowest BCUT2D eigenvalue weighted by Gasteiger charge is -2.10. The molecule has 0 bridgehead atoms. The Balaban J connectivity index is 3.09. The Hall–Kier alpha value is 0.270. The molecule has 0 rings (SSSR count). The summed E-state index contributed by atoms with van der Waals surface area (Å²) in [6.07, 6.45) is 4.45. The van der Waals surface area contributed by atoms with Gasteiger partial charge in [-0.3, -0.25) is 4.72 Å². The van der Waals surface area contributed by atoms with Gasteiger partial charge in [-0.15, -0.1) is 0 Å². The van der Waals surface area contributed by atoms with Gasteiger partial charge in [0.25, 0.3) is 0 Å². The molecule has 3 N–H and O–H groups in total. The summed E-state index contributed by atoms with van der Waals surface area (Å²) in [5.74, 6) is 0.708. The molecule has 0 aromatic heterocycles. The average molecular weight is 162 g/mol. The van der Waals surface area contributed by atoms with Crippen molar-refractivity contribution >= 4 is 11.9 Å². The Morgan fingerprint density at radius 1 is 1.60 bits per heavy atom. The third-order valence-corrected chi connectivity index (χ3v) is 2.20. The second kappa shape index (κ2) is 7.38. The summed E-state index contributed by atoms with van der Waals surface area (Å²) in [7, 11) is 0. The van der Waals surface area contributed by atoms with Crippen LogP contribution in [0.1, 0.15) is 19.8 Å². The molecule has 2 nitrogen and oxygen atoms in total. The van der Waals surface area contributed by atoms with Crippen LogP contribution in [0.4, 0.5) is 0 Å². The maximum atomic E-state index is 5.53. The zero-order valence-electron chi connectivity index (χ0n) is 6.89. The van der Waals surface area contributed by atoms with E-state index in [1.54, 1.807) is 11.9 Å². The molecule has 0 spiro atoms. The Kier molecular flexibility index (Phi) is 7.58. The van der Waals surface area contributed by atoms with Crippen molar-refractivity contribution in [2.75, 3.05) is 19.3 Å². The largest absolute Gasteiger partial charge is 0.330 e. The lowest BCUT2D eigenvalue weighted by Crippen LogP contribution is -2.18. The van der Waals surface area contributed by atoms with Gasteiger partial charge in [0, 0.05) is 6.54 Å². The number of nitrogens with two attached hydrogens (primary N) is 1. The second-order valence-corrected chi connectivity index (χ2v) is 3.09. The van der Waals surface area contributed by atoms with Crippen LogP contribution >= 0.6 is 11.9 Å². The summed E-state index contributed by atoms with van der Waals surface area (Å²) in [5, 5.41) is 0. The zero-order valence-corrected chi connectivity index (χ0v) is 7.71. The Bertz CT molecular complexity index is 64.6. The van der Waals surface area contributed by atoms with Crippen molar-refractivity contribution in [2.45, 2.75) is 19.8 Å². The molecule has 10 heavy (non-hydrogen) atoms. The molecule has 1 unspecified atom stereocenters. The van der Waals surface area contributed by atoms with Gasteiger partial charge in [-0.25, -0.2) is 0 Å². The molecule has 0 heterocycles. The molecule has 3 heteroatoms. The minimum absolute atomic E-state index is 0.708. The lowest BCUT2D eigenvalue weighted by atomic mass is 10.0. The quantitative estimate of drug-likeness (QED) is 0.456. The predicted octanol–water partition coefficient (Wildman–Crippen LogP) is 1.23. The van der Waals surface area contributed by atoms with Gasteiger partial charge in [0.2, 0.25) is 0 Å². The van der Waals surface area contributed by atoms with Crippen LogP contribution in [-0.4, -0.2) is 19.3 Å². The maximum Gasteiger partial charge on any atom is 0.00615 e. The van der Waals surface area contributed by atoms with E-state index in [9.17, 15) is 0 Å². The van der Waals surface area contributed by atoms with E-state index < -0.39 is 0 Å². The fourth-order valence-electron chi connectivity index (χ4n) is 0.854. The first kappa shape index (κ1) is 10.3. The number of hydrogen-bond donors (Lipinski definition) is 2. The van der Waals surface area contributed by atoms with Crippen LogP contribution in [0.2, 0.25) is 0 Å². The monoisotopic (exact) mass is 162 g/mol. The van der Waals surface area contributed by atoms with E-state index in [0.29, 0.717) is 5.92 Å². The number of hydrogen-bond acceptors (Lipinski definition) is 3. The molecule has 0 saturated carbocycles. The van der Waals surface area contributed by atoms with Gasteiger partial charge in [-0.05, 0) is 25.1 Å². The van der Waals surface area contributed by atoms with Crippen LogP contribution in [0, 0.1) is 5.92 Å². The van der Waals surface area contributed by atoms with Gasteiger partial charge in [0.05, 0.1) is 0 Å². The smallest absolute Gasteiger partial charge is 0.00615 e. The van der Waals surface area contributed by atoms with Crippen molar-refractivity contribution in [3.8, 4) is 0 Å². The first-order chi connectivity index (χ1) is 4.85. The fraction of sp³-hybridized carbons (Fsp3) is 1.00. The van der Waals surface area contributed by atoms with E-state index in [-0.39, 0.29) is 0 Å². The Morgan fingerprint density at radius 3 is 2.70 bits per heavy atom. The summed E-state index contributed by atoms with van der Waals surface area (Å²) in [6, 6.07) is 0. The molecule has 0 saturated heterocycles. The first-order valence-corrected chi connectivity index (χ1v) is 5.03. The molecule has 0 aliphatic heterocycles. The summed E-state index contributed by atoms with van der Waals surface area (Å²) in [6.45, 7) is 4.10. The first-order valence-electron chi connectivity index (χ1n) is 3.81. The van der Waals surface area contributed by atoms with Crippen molar-refractivity contribution < 1.29 is 0 Å². The topological polar surface area (TPSA) is 38.0 Å². The van der Waals surface area contributed by atoms with Crippen LogP contribution in [0.25, 0.3) is 0 Å². The molecule has 0 aliphatic rings. The Morgan fingerprint density at radius 2 is 2.30 bits per heavy atom. The van der Waals surface area contributed by atoms with Crippen LogP contribution in [0.15, 0.2) is 0 Å². The average Bonchev–Trinajstić information content (AvgIpc) is 1.99.